The van der Waals surface area contributed by atoms with Crippen molar-refractivity contribution in [2.75, 3.05) is 12.5 Å². The van der Waals surface area contributed by atoms with Crippen LogP contribution in [0.5, 0.6) is 11.5 Å². The summed E-state index contributed by atoms with van der Waals surface area (Å²) >= 11 is 3.02. The van der Waals surface area contributed by atoms with Crippen molar-refractivity contribution in [3.63, 3.8) is 0 Å². The van der Waals surface area contributed by atoms with Gasteiger partial charge in [-0.2, -0.15) is 0 Å². The number of benzene rings is 2. The van der Waals surface area contributed by atoms with Gasteiger partial charge in [-0.3, -0.25) is 0 Å². The Bertz CT molecular complexity index is 887. The maximum absolute atomic E-state index is 11.0. The zero-order chi connectivity index (χ0) is 17.8. The molecule has 0 fully saturated rings. The van der Waals surface area contributed by atoms with E-state index in [1.165, 1.54) is 42.5 Å². The molecule has 0 saturated carbocycles. The summed E-state index contributed by atoms with van der Waals surface area (Å²) in [5, 5.41) is 17.9. The molecular formula is C14H15BrO6S2. The third-order valence-electron chi connectivity index (χ3n) is 2.61. The maximum Gasteiger partial charge on any atom is 0.175 e. The summed E-state index contributed by atoms with van der Waals surface area (Å²) in [5.41, 5.74) is 0. The predicted octanol–water partition coefficient (Wildman–Crippen LogP) is 2.35. The lowest BCUT2D eigenvalue weighted by Crippen LogP contribution is -1.96. The van der Waals surface area contributed by atoms with Crippen LogP contribution in [0.2, 0.25) is 0 Å². The Morgan fingerprint density at radius 1 is 0.783 bits per heavy atom. The second-order valence-electron chi connectivity index (χ2n) is 4.65. The molecule has 0 heterocycles. The summed E-state index contributed by atoms with van der Waals surface area (Å²) < 4.78 is 44.1. The topological polar surface area (TPSA) is 109 Å². The van der Waals surface area contributed by atoms with Gasteiger partial charge in [-0.15, -0.1) is 0 Å². The van der Waals surface area contributed by atoms with E-state index in [4.69, 9.17) is 10.2 Å². The number of phenolic OH excluding ortho intramolecular Hbond substituents is 2. The van der Waals surface area contributed by atoms with E-state index in [9.17, 15) is 16.8 Å². The molecule has 0 aliphatic heterocycles. The Labute approximate surface area is 143 Å². The Balaban J connectivity index is 0.000000231. The first-order valence-electron chi connectivity index (χ1n) is 6.09. The van der Waals surface area contributed by atoms with E-state index in [-0.39, 0.29) is 21.3 Å². The van der Waals surface area contributed by atoms with Crippen LogP contribution in [0, 0.1) is 0 Å². The van der Waals surface area contributed by atoms with E-state index in [1.807, 2.05) is 0 Å². The summed E-state index contributed by atoms with van der Waals surface area (Å²) in [7, 11) is -6.31. The molecule has 2 N–H and O–H groups in total. The highest BCUT2D eigenvalue weighted by Gasteiger charge is 2.08. The number of hydrogen-bond acceptors (Lipinski definition) is 6. The van der Waals surface area contributed by atoms with E-state index in [0.29, 0.717) is 4.47 Å². The molecule has 2 aromatic carbocycles. The van der Waals surface area contributed by atoms with Crippen LogP contribution in [0.1, 0.15) is 0 Å². The SMILES string of the molecule is CS(=O)(=O)c1ccc(O)c(Br)c1.CS(=O)(=O)c1ccc(O)cc1. The maximum atomic E-state index is 11.0. The van der Waals surface area contributed by atoms with Crippen molar-refractivity contribution in [2.24, 2.45) is 0 Å². The van der Waals surface area contributed by atoms with Crippen LogP contribution >= 0.6 is 15.9 Å². The van der Waals surface area contributed by atoms with Gasteiger partial charge in [0.15, 0.2) is 19.7 Å². The van der Waals surface area contributed by atoms with Crippen LogP contribution < -0.4 is 0 Å². The normalized spacial score (nSPS) is 11.4. The lowest BCUT2D eigenvalue weighted by atomic mass is 10.3. The van der Waals surface area contributed by atoms with Gasteiger partial charge >= 0.3 is 0 Å². The Morgan fingerprint density at radius 3 is 1.61 bits per heavy atom. The van der Waals surface area contributed by atoms with Crippen LogP contribution in [0.25, 0.3) is 0 Å². The minimum absolute atomic E-state index is 0.0300. The summed E-state index contributed by atoms with van der Waals surface area (Å²) in [6.07, 6.45) is 2.24. The fraction of sp³-hybridized carbons (Fsp3) is 0.143. The van der Waals surface area contributed by atoms with Gasteiger partial charge in [0.05, 0.1) is 14.3 Å². The molecule has 0 unspecified atom stereocenters. The predicted molar refractivity (Wildman–Crippen MR) is 90.1 cm³/mol. The molecule has 126 valence electrons. The van der Waals surface area contributed by atoms with Gasteiger partial charge in [0.1, 0.15) is 11.5 Å². The van der Waals surface area contributed by atoms with Gasteiger partial charge in [-0.05, 0) is 58.4 Å². The first-order chi connectivity index (χ1) is 10.4. The van der Waals surface area contributed by atoms with E-state index in [0.717, 1.165) is 12.5 Å². The van der Waals surface area contributed by atoms with Gasteiger partial charge in [0.2, 0.25) is 0 Å². The van der Waals surface area contributed by atoms with Crippen molar-refractivity contribution >= 4 is 35.6 Å². The fourth-order valence-corrected chi connectivity index (χ4v) is 3.22. The highest BCUT2D eigenvalue weighted by atomic mass is 79.9. The Kier molecular flexibility index (Phi) is 6.20. The first-order valence-corrected chi connectivity index (χ1v) is 10.7. The third kappa shape index (κ3) is 6.20. The van der Waals surface area contributed by atoms with Crippen LogP contribution in [-0.2, 0) is 19.7 Å². The van der Waals surface area contributed by atoms with Crippen molar-refractivity contribution in [1.82, 2.24) is 0 Å². The Morgan fingerprint density at radius 2 is 1.22 bits per heavy atom. The molecule has 0 amide bonds. The largest absolute Gasteiger partial charge is 0.508 e. The monoisotopic (exact) mass is 422 g/mol. The quantitative estimate of drug-likeness (QED) is 0.768. The molecule has 6 nitrogen and oxygen atoms in total. The molecule has 9 heteroatoms. The zero-order valence-electron chi connectivity index (χ0n) is 12.3. The van der Waals surface area contributed by atoms with Crippen molar-refractivity contribution in [2.45, 2.75) is 9.79 Å². The van der Waals surface area contributed by atoms with Crippen molar-refractivity contribution in [3.8, 4) is 11.5 Å². The standard InChI is InChI=1S/C7H7BrO3S.C7H8O3S/c1-12(10,11)5-2-3-7(9)6(8)4-5;1-11(9,10)7-4-2-6(8)3-5-7/h2-4,9H,1H3;2-5,8H,1H3. The minimum Gasteiger partial charge on any atom is -0.508 e. The van der Waals surface area contributed by atoms with E-state index in [1.54, 1.807) is 0 Å². The number of rotatable bonds is 2. The molecule has 0 bridgehead atoms. The fourth-order valence-electron chi connectivity index (χ4n) is 1.41. The van der Waals surface area contributed by atoms with Crippen molar-refractivity contribution in [1.29, 1.82) is 0 Å². The van der Waals surface area contributed by atoms with Crippen LogP contribution in [0.15, 0.2) is 56.7 Å². The number of halogens is 1. The van der Waals surface area contributed by atoms with Crippen LogP contribution in [0.3, 0.4) is 0 Å². The average Bonchev–Trinajstić information content (AvgIpc) is 2.41. The second kappa shape index (κ2) is 7.33. The van der Waals surface area contributed by atoms with Crippen LogP contribution in [-0.4, -0.2) is 39.6 Å². The summed E-state index contributed by atoms with van der Waals surface area (Å²) in [5.74, 6) is 0.0970. The molecular weight excluding hydrogens is 408 g/mol. The van der Waals surface area contributed by atoms with Gasteiger partial charge in [0, 0.05) is 12.5 Å². The van der Waals surface area contributed by atoms with Crippen molar-refractivity contribution in [3.05, 3.63) is 46.9 Å². The molecule has 0 aromatic heterocycles. The molecule has 0 radical (unpaired) electrons. The molecule has 0 spiro atoms. The summed E-state index contributed by atoms with van der Waals surface area (Å²) in [6.45, 7) is 0. The average molecular weight is 423 g/mol. The molecule has 0 aliphatic rings. The second-order valence-corrected chi connectivity index (χ2v) is 9.54. The molecule has 2 rings (SSSR count). The van der Waals surface area contributed by atoms with Crippen LogP contribution in [0.4, 0.5) is 0 Å². The number of aromatic hydroxyl groups is 2. The van der Waals surface area contributed by atoms with Gasteiger partial charge in [0.25, 0.3) is 0 Å². The molecule has 2 aromatic rings. The molecule has 0 saturated heterocycles. The lowest BCUT2D eigenvalue weighted by molar-refractivity contribution is 0.471. The smallest absolute Gasteiger partial charge is 0.175 e. The highest BCUT2D eigenvalue weighted by molar-refractivity contribution is 9.10. The van der Waals surface area contributed by atoms with Gasteiger partial charge in [-0.25, -0.2) is 16.8 Å². The van der Waals surface area contributed by atoms with E-state index in [2.05, 4.69) is 15.9 Å². The molecule has 0 atom stereocenters. The number of sulfone groups is 2. The lowest BCUT2D eigenvalue weighted by Gasteiger charge is -1.99. The zero-order valence-corrected chi connectivity index (χ0v) is 15.5. The molecule has 23 heavy (non-hydrogen) atoms. The summed E-state index contributed by atoms with van der Waals surface area (Å²) in [4.78, 5) is 0.405. The number of hydrogen-bond donors (Lipinski definition) is 2. The summed E-state index contributed by atoms with van der Waals surface area (Å²) in [6, 6.07) is 9.47. The van der Waals surface area contributed by atoms with E-state index < -0.39 is 19.7 Å². The van der Waals surface area contributed by atoms with Crippen molar-refractivity contribution < 1.29 is 27.0 Å². The molecule has 0 aliphatic carbocycles. The Hall–Kier alpha value is -1.58. The third-order valence-corrected chi connectivity index (χ3v) is 5.49. The van der Waals surface area contributed by atoms with Gasteiger partial charge in [-0.1, -0.05) is 0 Å². The highest BCUT2D eigenvalue weighted by Crippen LogP contribution is 2.26. The van der Waals surface area contributed by atoms with E-state index >= 15 is 0 Å². The number of phenols is 2. The van der Waals surface area contributed by atoms with Gasteiger partial charge < -0.3 is 10.2 Å². The minimum atomic E-state index is -3.18. The first kappa shape index (κ1) is 19.5.